The van der Waals surface area contributed by atoms with E-state index in [1.165, 1.54) is 0 Å². The number of nitrogens with zero attached hydrogens (tertiary/aromatic N) is 3. The van der Waals surface area contributed by atoms with Gasteiger partial charge in [-0.15, -0.1) is 0 Å². The van der Waals surface area contributed by atoms with Gasteiger partial charge in [0.15, 0.2) is 0 Å². The fourth-order valence-corrected chi connectivity index (χ4v) is 4.99. The van der Waals surface area contributed by atoms with Crippen LogP contribution in [0.4, 0.5) is 0 Å². The van der Waals surface area contributed by atoms with Crippen LogP contribution in [-0.2, 0) is 14.3 Å². The highest BCUT2D eigenvalue weighted by Crippen LogP contribution is 2.35. The third-order valence-electron chi connectivity index (χ3n) is 6.44. The van der Waals surface area contributed by atoms with Crippen LogP contribution in [0.5, 0.6) is 5.75 Å². The molecule has 1 saturated heterocycles. The van der Waals surface area contributed by atoms with Crippen LogP contribution in [0.15, 0.2) is 53.6 Å². The molecule has 0 bridgehead atoms. The molecule has 0 unspecified atom stereocenters. The van der Waals surface area contributed by atoms with Crippen LogP contribution in [0.25, 0.3) is 0 Å². The van der Waals surface area contributed by atoms with E-state index >= 15 is 0 Å². The van der Waals surface area contributed by atoms with Gasteiger partial charge in [0, 0.05) is 17.0 Å². The number of ether oxygens (including phenoxy) is 2. The van der Waals surface area contributed by atoms with E-state index in [4.69, 9.17) is 26.2 Å². The molecule has 8 heteroatoms. The quantitative estimate of drug-likeness (QED) is 0.488. The Bertz CT molecular complexity index is 1070. The van der Waals surface area contributed by atoms with Crippen molar-refractivity contribution in [2.75, 3.05) is 26.3 Å². The molecular formula is C27H32ClN3O4. The molecule has 2 heterocycles. The maximum atomic E-state index is 13.6. The standard InChI is InChI=1S/C27H32ClN3O4/c1-3-34-20-14-12-19(13-15-20)25-17-23(21-9-5-6-10-22(21)28)29-31(25)26(32)18-30-16-8-7-11-24(30)27(33)35-4-2/h5-6,9-10,12-15,24-25H,3-4,7-8,11,16-18H2,1-2H3/t24-,25-/m0/s1. The van der Waals surface area contributed by atoms with Gasteiger partial charge in [-0.1, -0.05) is 48.4 Å². The van der Waals surface area contributed by atoms with Crippen molar-refractivity contribution in [1.29, 1.82) is 0 Å². The van der Waals surface area contributed by atoms with Gasteiger partial charge in [0.05, 0.1) is 31.5 Å². The Kier molecular flexibility index (Phi) is 8.42. The summed E-state index contributed by atoms with van der Waals surface area (Å²) >= 11 is 6.46. The minimum absolute atomic E-state index is 0.107. The van der Waals surface area contributed by atoms with E-state index in [0.717, 1.165) is 35.4 Å². The van der Waals surface area contributed by atoms with Crippen LogP contribution in [0, 0.1) is 0 Å². The van der Waals surface area contributed by atoms with Crippen LogP contribution in [-0.4, -0.2) is 59.8 Å². The first kappa shape index (κ1) is 25.2. The number of rotatable bonds is 8. The first-order valence-electron chi connectivity index (χ1n) is 12.3. The zero-order valence-electron chi connectivity index (χ0n) is 20.3. The number of hydrogen-bond acceptors (Lipinski definition) is 6. The van der Waals surface area contributed by atoms with E-state index in [1.54, 1.807) is 11.9 Å². The fraction of sp³-hybridized carbons (Fsp3) is 0.444. The number of carbonyl (C=O) groups excluding carboxylic acids is 2. The normalized spacial score (nSPS) is 20.4. The molecule has 0 radical (unpaired) electrons. The number of hydrazone groups is 1. The molecule has 4 rings (SSSR count). The second-order valence-corrected chi connectivity index (χ2v) is 9.13. The van der Waals surface area contributed by atoms with Gasteiger partial charge in [-0.25, -0.2) is 5.01 Å². The number of likely N-dealkylation sites (tertiary alicyclic amines) is 1. The Morgan fingerprint density at radius 1 is 1.06 bits per heavy atom. The van der Waals surface area contributed by atoms with E-state index in [2.05, 4.69) is 0 Å². The number of esters is 1. The first-order chi connectivity index (χ1) is 17.0. The molecule has 2 aliphatic heterocycles. The van der Waals surface area contributed by atoms with Crippen LogP contribution in [0.2, 0.25) is 5.02 Å². The maximum Gasteiger partial charge on any atom is 0.323 e. The zero-order valence-corrected chi connectivity index (χ0v) is 21.0. The van der Waals surface area contributed by atoms with Gasteiger partial charge in [-0.2, -0.15) is 5.10 Å². The minimum Gasteiger partial charge on any atom is -0.494 e. The van der Waals surface area contributed by atoms with E-state index in [1.807, 2.05) is 60.4 Å². The van der Waals surface area contributed by atoms with Crippen LogP contribution in [0.3, 0.4) is 0 Å². The van der Waals surface area contributed by atoms with Crippen LogP contribution < -0.4 is 4.74 Å². The first-order valence-corrected chi connectivity index (χ1v) is 12.7. The molecule has 1 fully saturated rings. The number of amides is 1. The monoisotopic (exact) mass is 497 g/mol. The Morgan fingerprint density at radius 2 is 1.83 bits per heavy atom. The molecule has 2 aliphatic rings. The van der Waals surface area contributed by atoms with Gasteiger partial charge in [-0.3, -0.25) is 14.5 Å². The Hall–Kier alpha value is -2.90. The molecule has 2 aromatic rings. The molecule has 2 aromatic carbocycles. The summed E-state index contributed by atoms with van der Waals surface area (Å²) in [5.41, 5.74) is 2.55. The van der Waals surface area contributed by atoms with Crippen LogP contribution in [0.1, 0.15) is 56.7 Å². The molecule has 7 nitrogen and oxygen atoms in total. The SMILES string of the molecule is CCOC(=O)[C@@H]1CCCCN1CC(=O)N1N=C(c2ccccc2Cl)C[C@H]1c1ccc(OCC)cc1. The van der Waals surface area contributed by atoms with Gasteiger partial charge < -0.3 is 9.47 Å². The highest BCUT2D eigenvalue weighted by Gasteiger charge is 2.37. The average Bonchev–Trinajstić information content (AvgIpc) is 3.31. The number of piperidine rings is 1. The number of carbonyl (C=O) groups is 2. The van der Waals surface area contributed by atoms with Gasteiger partial charge in [0.2, 0.25) is 0 Å². The number of hydrogen-bond donors (Lipinski definition) is 0. The minimum atomic E-state index is -0.397. The van der Waals surface area contributed by atoms with Gasteiger partial charge in [-0.05, 0) is 57.0 Å². The molecule has 0 spiro atoms. The Morgan fingerprint density at radius 3 is 2.54 bits per heavy atom. The van der Waals surface area contributed by atoms with Gasteiger partial charge in [0.1, 0.15) is 11.8 Å². The summed E-state index contributed by atoms with van der Waals surface area (Å²) in [6.45, 7) is 5.44. The molecule has 0 saturated carbocycles. The van der Waals surface area contributed by atoms with Crippen molar-refractivity contribution >= 4 is 29.2 Å². The molecule has 35 heavy (non-hydrogen) atoms. The molecule has 1 amide bonds. The highest BCUT2D eigenvalue weighted by atomic mass is 35.5. The third kappa shape index (κ3) is 5.85. The summed E-state index contributed by atoms with van der Waals surface area (Å²) in [5, 5.41) is 6.91. The molecular weight excluding hydrogens is 466 g/mol. The average molecular weight is 498 g/mol. The third-order valence-corrected chi connectivity index (χ3v) is 6.77. The summed E-state index contributed by atoms with van der Waals surface area (Å²) in [4.78, 5) is 28.1. The summed E-state index contributed by atoms with van der Waals surface area (Å²) in [5.74, 6) is 0.372. The fourth-order valence-electron chi connectivity index (χ4n) is 4.74. The van der Waals surface area contributed by atoms with E-state index in [-0.39, 0.29) is 24.5 Å². The summed E-state index contributed by atoms with van der Waals surface area (Å²) in [7, 11) is 0. The molecule has 186 valence electrons. The number of benzene rings is 2. The van der Waals surface area contributed by atoms with Crippen molar-refractivity contribution in [3.05, 3.63) is 64.7 Å². The van der Waals surface area contributed by atoms with Crippen molar-refractivity contribution < 1.29 is 19.1 Å². The molecule has 0 aromatic heterocycles. The van der Waals surface area contributed by atoms with Gasteiger partial charge in [0.25, 0.3) is 5.91 Å². The summed E-state index contributed by atoms with van der Waals surface area (Å²) < 4.78 is 10.9. The highest BCUT2D eigenvalue weighted by molar-refractivity contribution is 6.34. The van der Waals surface area contributed by atoms with Crippen molar-refractivity contribution in [3.63, 3.8) is 0 Å². The van der Waals surface area contributed by atoms with Crippen LogP contribution >= 0.6 is 11.6 Å². The summed E-state index contributed by atoms with van der Waals surface area (Å²) in [6, 6.07) is 14.7. The molecule has 2 atom stereocenters. The lowest BCUT2D eigenvalue weighted by molar-refractivity contribution is -0.152. The van der Waals surface area contributed by atoms with E-state index in [9.17, 15) is 9.59 Å². The lowest BCUT2D eigenvalue weighted by Crippen LogP contribution is -2.49. The van der Waals surface area contributed by atoms with E-state index < -0.39 is 6.04 Å². The lowest BCUT2D eigenvalue weighted by Gasteiger charge is -2.34. The smallest absolute Gasteiger partial charge is 0.323 e. The maximum absolute atomic E-state index is 13.6. The second-order valence-electron chi connectivity index (χ2n) is 8.72. The predicted molar refractivity (Wildman–Crippen MR) is 136 cm³/mol. The zero-order chi connectivity index (χ0) is 24.8. The van der Waals surface area contributed by atoms with E-state index in [0.29, 0.717) is 37.6 Å². The lowest BCUT2D eigenvalue weighted by atomic mass is 9.98. The largest absolute Gasteiger partial charge is 0.494 e. The second kappa shape index (κ2) is 11.7. The van der Waals surface area contributed by atoms with Crippen molar-refractivity contribution in [2.24, 2.45) is 5.10 Å². The Balaban J connectivity index is 1.60. The summed E-state index contributed by atoms with van der Waals surface area (Å²) in [6.07, 6.45) is 3.13. The molecule has 0 N–H and O–H groups in total. The number of halogens is 1. The topological polar surface area (TPSA) is 71.4 Å². The molecule has 0 aliphatic carbocycles. The van der Waals surface area contributed by atoms with Crippen molar-refractivity contribution in [1.82, 2.24) is 9.91 Å². The van der Waals surface area contributed by atoms with Crippen molar-refractivity contribution in [3.8, 4) is 5.75 Å². The predicted octanol–water partition coefficient (Wildman–Crippen LogP) is 4.83. The van der Waals surface area contributed by atoms with Gasteiger partial charge >= 0.3 is 5.97 Å². The van der Waals surface area contributed by atoms with Crippen molar-refractivity contribution in [2.45, 2.75) is 51.6 Å². The Labute approximate surface area is 211 Å².